The smallest absolute Gasteiger partial charge is 0.303 e. The lowest BCUT2D eigenvalue weighted by molar-refractivity contribution is -0.140. The molecule has 1 N–H and O–H groups in total. The van der Waals surface area contributed by atoms with Crippen molar-refractivity contribution in [2.45, 2.75) is 83.3 Å². The summed E-state index contributed by atoms with van der Waals surface area (Å²) in [5.41, 5.74) is 0. The number of nitrogens with zero attached hydrogens (tertiary/aromatic N) is 1. The zero-order chi connectivity index (χ0) is 15.9. The minimum atomic E-state index is -0.734. The number of ketones is 1. The van der Waals surface area contributed by atoms with Crippen LogP contribution in [0.1, 0.15) is 65.2 Å². The molecule has 0 aromatic carbocycles. The van der Waals surface area contributed by atoms with Gasteiger partial charge in [0, 0.05) is 24.9 Å². The maximum absolute atomic E-state index is 12.4. The Labute approximate surface area is 133 Å². The van der Waals surface area contributed by atoms with Gasteiger partial charge >= 0.3 is 5.97 Å². The molecule has 1 saturated heterocycles. The number of rotatable bonds is 4. The average Bonchev–Trinajstić information content (AvgIpc) is 2.94. The van der Waals surface area contributed by atoms with Crippen molar-refractivity contribution in [2.24, 2.45) is 17.8 Å². The summed E-state index contributed by atoms with van der Waals surface area (Å²) >= 11 is 0. The number of carbonyl (C=O) groups excluding carboxylic acids is 1. The number of hydrogen-bond acceptors (Lipinski definition) is 3. The van der Waals surface area contributed by atoms with Crippen molar-refractivity contribution in [3.8, 4) is 0 Å². The molecule has 4 heteroatoms. The molecule has 3 rings (SSSR count). The van der Waals surface area contributed by atoms with E-state index in [4.69, 9.17) is 5.11 Å². The molecule has 3 fully saturated rings. The van der Waals surface area contributed by atoms with Gasteiger partial charge in [-0.3, -0.25) is 14.5 Å². The van der Waals surface area contributed by atoms with Gasteiger partial charge in [0.05, 0.1) is 6.04 Å². The van der Waals surface area contributed by atoms with Gasteiger partial charge in [0.2, 0.25) is 0 Å². The molecule has 1 heterocycles. The normalized spacial score (nSPS) is 40.1. The Morgan fingerprint density at radius 3 is 2.73 bits per heavy atom. The first-order valence-electron chi connectivity index (χ1n) is 9.01. The molecule has 2 saturated carbocycles. The van der Waals surface area contributed by atoms with Crippen LogP contribution in [0.15, 0.2) is 0 Å². The first-order valence-corrected chi connectivity index (χ1v) is 9.01. The summed E-state index contributed by atoms with van der Waals surface area (Å²) in [4.78, 5) is 25.8. The molecule has 0 radical (unpaired) electrons. The van der Waals surface area contributed by atoms with E-state index in [-0.39, 0.29) is 18.5 Å². The number of piperidine rings is 1. The van der Waals surface area contributed by atoms with E-state index < -0.39 is 5.97 Å². The number of hydrogen-bond donors (Lipinski definition) is 1. The first-order chi connectivity index (χ1) is 10.5. The average molecular weight is 307 g/mol. The van der Waals surface area contributed by atoms with Crippen molar-refractivity contribution < 1.29 is 14.7 Å². The van der Waals surface area contributed by atoms with Gasteiger partial charge in [-0.05, 0) is 57.3 Å². The summed E-state index contributed by atoms with van der Waals surface area (Å²) in [6.07, 6.45) is 8.06. The molecule has 0 aromatic rings. The summed E-state index contributed by atoms with van der Waals surface area (Å²) in [7, 11) is 0. The summed E-state index contributed by atoms with van der Waals surface area (Å²) in [6.45, 7) is 4.15. The number of carboxylic acids is 1. The fourth-order valence-electron chi connectivity index (χ4n) is 5.52. The Balaban J connectivity index is 1.82. The van der Waals surface area contributed by atoms with Crippen LogP contribution in [0.25, 0.3) is 0 Å². The van der Waals surface area contributed by atoms with Gasteiger partial charge in [-0.2, -0.15) is 0 Å². The minimum Gasteiger partial charge on any atom is -0.481 e. The van der Waals surface area contributed by atoms with Gasteiger partial charge in [-0.25, -0.2) is 0 Å². The molecule has 6 unspecified atom stereocenters. The van der Waals surface area contributed by atoms with Crippen molar-refractivity contribution in [1.82, 2.24) is 4.90 Å². The van der Waals surface area contributed by atoms with Crippen LogP contribution in [0.3, 0.4) is 0 Å². The Hall–Kier alpha value is -0.900. The Morgan fingerprint density at radius 2 is 2.00 bits per heavy atom. The third kappa shape index (κ3) is 2.82. The molecule has 6 atom stereocenters. The van der Waals surface area contributed by atoms with Gasteiger partial charge in [0.15, 0.2) is 0 Å². The van der Waals surface area contributed by atoms with Crippen LogP contribution in [-0.2, 0) is 9.59 Å². The monoisotopic (exact) mass is 307 g/mol. The summed E-state index contributed by atoms with van der Waals surface area (Å²) < 4.78 is 0. The van der Waals surface area contributed by atoms with E-state index in [1.807, 2.05) is 6.92 Å². The van der Waals surface area contributed by atoms with Crippen LogP contribution >= 0.6 is 0 Å². The standard InChI is InChI=1S/C18H29NO3/c1-11(6-9-17(21)22)19-12(2)16(20)10-14-8-7-13-4-3-5-15(13)18(14)19/h11-15,18H,3-10H2,1-2H3,(H,21,22). The number of aliphatic carboxylic acids is 1. The van der Waals surface area contributed by atoms with E-state index in [2.05, 4.69) is 11.8 Å². The second-order valence-electron chi connectivity index (χ2n) is 7.76. The minimum absolute atomic E-state index is 0.0376. The van der Waals surface area contributed by atoms with E-state index in [1.165, 1.54) is 32.1 Å². The lowest BCUT2D eigenvalue weighted by atomic mass is 9.66. The molecular weight excluding hydrogens is 278 g/mol. The second kappa shape index (κ2) is 6.31. The second-order valence-corrected chi connectivity index (χ2v) is 7.76. The van der Waals surface area contributed by atoms with E-state index >= 15 is 0 Å². The van der Waals surface area contributed by atoms with Crippen LogP contribution in [0.5, 0.6) is 0 Å². The van der Waals surface area contributed by atoms with Crippen molar-refractivity contribution in [1.29, 1.82) is 0 Å². The van der Waals surface area contributed by atoms with Crippen molar-refractivity contribution in [2.75, 3.05) is 0 Å². The van der Waals surface area contributed by atoms with E-state index in [0.29, 0.717) is 24.2 Å². The lowest BCUT2D eigenvalue weighted by Gasteiger charge is -2.53. The van der Waals surface area contributed by atoms with Gasteiger partial charge in [0.25, 0.3) is 0 Å². The fourth-order valence-corrected chi connectivity index (χ4v) is 5.52. The quantitative estimate of drug-likeness (QED) is 0.867. The third-order valence-corrected chi connectivity index (χ3v) is 6.55. The third-order valence-electron chi connectivity index (χ3n) is 6.55. The maximum atomic E-state index is 12.4. The lowest BCUT2D eigenvalue weighted by Crippen LogP contribution is -2.61. The Morgan fingerprint density at radius 1 is 1.27 bits per heavy atom. The number of fused-ring (bicyclic) bond motifs is 3. The molecule has 1 aliphatic heterocycles. The van der Waals surface area contributed by atoms with Gasteiger partial charge in [-0.15, -0.1) is 0 Å². The van der Waals surface area contributed by atoms with Crippen LogP contribution in [0, 0.1) is 17.8 Å². The molecular formula is C18H29NO3. The molecule has 2 aliphatic carbocycles. The first kappa shape index (κ1) is 16.0. The van der Waals surface area contributed by atoms with Crippen molar-refractivity contribution >= 4 is 11.8 Å². The van der Waals surface area contributed by atoms with Crippen LogP contribution in [0.4, 0.5) is 0 Å². The molecule has 0 aromatic heterocycles. The fraction of sp³-hybridized carbons (Fsp3) is 0.889. The van der Waals surface area contributed by atoms with Crippen LogP contribution in [-0.4, -0.2) is 39.9 Å². The summed E-state index contributed by atoms with van der Waals surface area (Å²) in [5.74, 6) is 1.72. The summed E-state index contributed by atoms with van der Waals surface area (Å²) in [6, 6.07) is 0.657. The zero-order valence-electron chi connectivity index (χ0n) is 13.8. The Kier molecular flexibility index (Phi) is 4.58. The highest BCUT2D eigenvalue weighted by molar-refractivity contribution is 5.85. The number of carbonyl (C=O) groups is 2. The Bertz CT molecular complexity index is 450. The van der Waals surface area contributed by atoms with E-state index in [0.717, 1.165) is 18.3 Å². The van der Waals surface area contributed by atoms with Crippen molar-refractivity contribution in [3.05, 3.63) is 0 Å². The SMILES string of the molecule is CC(CCC(=O)O)N1C(C)C(=O)CC2CCC3CCCC3C21. The highest BCUT2D eigenvalue weighted by atomic mass is 16.4. The molecule has 3 aliphatic rings. The van der Waals surface area contributed by atoms with E-state index in [9.17, 15) is 9.59 Å². The van der Waals surface area contributed by atoms with Gasteiger partial charge in [0.1, 0.15) is 5.78 Å². The largest absolute Gasteiger partial charge is 0.481 e. The topological polar surface area (TPSA) is 57.6 Å². The number of carboxylic acid groups (broad SMARTS) is 1. The molecule has 4 nitrogen and oxygen atoms in total. The predicted molar refractivity (Wildman–Crippen MR) is 84.6 cm³/mol. The number of likely N-dealkylation sites (tertiary alicyclic amines) is 1. The molecule has 0 spiro atoms. The predicted octanol–water partition coefficient (Wildman–Crippen LogP) is 3.10. The highest BCUT2D eigenvalue weighted by Crippen LogP contribution is 2.50. The summed E-state index contributed by atoms with van der Waals surface area (Å²) in [5, 5.41) is 8.98. The van der Waals surface area contributed by atoms with Crippen LogP contribution < -0.4 is 0 Å². The van der Waals surface area contributed by atoms with E-state index in [1.54, 1.807) is 0 Å². The van der Waals surface area contributed by atoms with Gasteiger partial charge < -0.3 is 5.11 Å². The maximum Gasteiger partial charge on any atom is 0.303 e. The number of Topliss-reactive ketones (excluding diaryl/α,β-unsaturated/α-hetero) is 1. The molecule has 124 valence electrons. The van der Waals surface area contributed by atoms with Gasteiger partial charge in [-0.1, -0.05) is 12.8 Å². The highest BCUT2D eigenvalue weighted by Gasteiger charge is 2.50. The zero-order valence-corrected chi connectivity index (χ0v) is 13.8. The van der Waals surface area contributed by atoms with Crippen molar-refractivity contribution in [3.63, 3.8) is 0 Å². The van der Waals surface area contributed by atoms with Crippen LogP contribution in [0.2, 0.25) is 0 Å². The molecule has 0 amide bonds. The molecule has 22 heavy (non-hydrogen) atoms. The molecule has 0 bridgehead atoms.